The van der Waals surface area contributed by atoms with Crippen LogP contribution in [-0.2, 0) is 0 Å². The Morgan fingerprint density at radius 1 is 1.07 bits per heavy atom. The van der Waals surface area contributed by atoms with Crippen LogP contribution < -0.4 is 10.6 Å². The highest BCUT2D eigenvalue weighted by atomic mass is 35.5. The molecule has 0 fully saturated rings. The van der Waals surface area contributed by atoms with Crippen LogP contribution in [0.3, 0.4) is 0 Å². The summed E-state index contributed by atoms with van der Waals surface area (Å²) in [7, 11) is 0. The Hall–Kier alpha value is -2.92. The Bertz CT molecular complexity index is 954. The van der Waals surface area contributed by atoms with Gasteiger partial charge in [0.15, 0.2) is 0 Å². The molecule has 0 aliphatic carbocycles. The summed E-state index contributed by atoms with van der Waals surface area (Å²) in [5, 5.41) is 6.56. The van der Waals surface area contributed by atoms with E-state index >= 15 is 0 Å². The second-order valence-corrected chi connectivity index (χ2v) is 6.94. The van der Waals surface area contributed by atoms with Gasteiger partial charge in [0, 0.05) is 11.3 Å². The molecular weight excluding hydrogens is 360 g/mol. The van der Waals surface area contributed by atoms with Gasteiger partial charge in [-0.2, -0.15) is 0 Å². The Morgan fingerprint density at radius 2 is 1.81 bits per heavy atom. The van der Waals surface area contributed by atoms with E-state index < -0.39 is 0 Å². The van der Waals surface area contributed by atoms with Gasteiger partial charge in [-0.3, -0.25) is 9.78 Å². The SMILES string of the molecule is Cc1cc(C)cc(C(=O)Nc2cccc([C@H](C)Nc3cncc(Cl)n3)c2)c1. The van der Waals surface area contributed by atoms with Crippen molar-refractivity contribution in [3.05, 3.63) is 82.3 Å². The van der Waals surface area contributed by atoms with Gasteiger partial charge in [0.1, 0.15) is 11.0 Å². The number of anilines is 2. The molecule has 0 aliphatic rings. The fourth-order valence-electron chi connectivity index (χ4n) is 2.91. The molecule has 27 heavy (non-hydrogen) atoms. The quantitative estimate of drug-likeness (QED) is 0.640. The van der Waals surface area contributed by atoms with Crippen LogP contribution in [0.2, 0.25) is 5.15 Å². The summed E-state index contributed by atoms with van der Waals surface area (Å²) in [5.74, 6) is 0.472. The number of aromatic nitrogens is 2. The zero-order chi connectivity index (χ0) is 19.4. The first-order valence-corrected chi connectivity index (χ1v) is 9.02. The van der Waals surface area contributed by atoms with Crippen LogP contribution in [0.4, 0.5) is 11.5 Å². The maximum Gasteiger partial charge on any atom is 0.255 e. The first kappa shape index (κ1) is 18.9. The van der Waals surface area contributed by atoms with Crippen LogP contribution in [0.15, 0.2) is 54.9 Å². The average molecular weight is 381 g/mol. The molecule has 138 valence electrons. The van der Waals surface area contributed by atoms with Crippen LogP contribution in [0, 0.1) is 13.8 Å². The molecule has 0 bridgehead atoms. The first-order chi connectivity index (χ1) is 12.9. The third-order valence-electron chi connectivity index (χ3n) is 4.10. The van der Waals surface area contributed by atoms with Gasteiger partial charge in [0.2, 0.25) is 0 Å². The molecule has 1 heterocycles. The highest BCUT2D eigenvalue weighted by Crippen LogP contribution is 2.22. The number of hydrogen-bond donors (Lipinski definition) is 2. The first-order valence-electron chi connectivity index (χ1n) is 8.64. The van der Waals surface area contributed by atoms with Gasteiger partial charge in [-0.25, -0.2) is 4.98 Å². The molecule has 1 aromatic heterocycles. The second-order valence-electron chi connectivity index (χ2n) is 6.55. The Balaban J connectivity index is 1.73. The van der Waals surface area contributed by atoms with E-state index in [4.69, 9.17) is 11.6 Å². The van der Waals surface area contributed by atoms with Crippen molar-refractivity contribution in [2.24, 2.45) is 0 Å². The molecule has 1 amide bonds. The fraction of sp³-hybridized carbons (Fsp3) is 0.190. The van der Waals surface area contributed by atoms with Gasteiger partial charge >= 0.3 is 0 Å². The minimum atomic E-state index is -0.125. The standard InChI is InChI=1S/C21H21ClN4O/c1-13-7-14(2)9-17(8-13)21(27)25-18-6-4-5-16(10-18)15(3)24-20-12-23-11-19(22)26-20/h4-12,15H,1-3H3,(H,24,26)(H,25,27)/t15-/m0/s1. The van der Waals surface area contributed by atoms with Gasteiger partial charge in [0.25, 0.3) is 5.91 Å². The van der Waals surface area contributed by atoms with Crippen LogP contribution in [0.25, 0.3) is 0 Å². The summed E-state index contributed by atoms with van der Waals surface area (Å²) in [4.78, 5) is 20.8. The molecule has 3 aromatic rings. The van der Waals surface area contributed by atoms with Crippen LogP contribution >= 0.6 is 11.6 Å². The summed E-state index contributed by atoms with van der Waals surface area (Å²) in [6, 6.07) is 13.5. The Labute approximate surface area is 163 Å². The van der Waals surface area contributed by atoms with Crippen molar-refractivity contribution in [2.45, 2.75) is 26.8 Å². The monoisotopic (exact) mass is 380 g/mol. The van der Waals surface area contributed by atoms with Crippen molar-refractivity contribution >= 4 is 29.0 Å². The lowest BCUT2D eigenvalue weighted by molar-refractivity contribution is 0.102. The number of rotatable bonds is 5. The summed E-state index contributed by atoms with van der Waals surface area (Å²) in [6.07, 6.45) is 3.11. The molecule has 6 heteroatoms. The lowest BCUT2D eigenvalue weighted by Crippen LogP contribution is -2.13. The molecule has 0 unspecified atom stereocenters. The van der Waals surface area contributed by atoms with Crippen molar-refractivity contribution in [2.75, 3.05) is 10.6 Å². The van der Waals surface area contributed by atoms with Gasteiger partial charge in [-0.05, 0) is 50.6 Å². The second kappa shape index (κ2) is 8.18. The molecule has 3 rings (SSSR count). The van der Waals surface area contributed by atoms with E-state index in [9.17, 15) is 4.79 Å². The number of carbonyl (C=O) groups excluding carboxylic acids is 1. The number of halogens is 1. The smallest absolute Gasteiger partial charge is 0.255 e. The maximum absolute atomic E-state index is 12.6. The predicted octanol–water partition coefficient (Wildman–Crippen LogP) is 5.17. The largest absolute Gasteiger partial charge is 0.362 e. The van der Waals surface area contributed by atoms with Gasteiger partial charge in [-0.15, -0.1) is 0 Å². The van der Waals surface area contributed by atoms with Gasteiger partial charge < -0.3 is 10.6 Å². The third kappa shape index (κ3) is 5.05. The molecule has 5 nitrogen and oxygen atoms in total. The van der Waals surface area contributed by atoms with Crippen molar-refractivity contribution in [3.8, 4) is 0 Å². The average Bonchev–Trinajstić information content (AvgIpc) is 2.61. The Kier molecular flexibility index (Phi) is 5.72. The minimum Gasteiger partial charge on any atom is -0.362 e. The number of hydrogen-bond acceptors (Lipinski definition) is 4. The predicted molar refractivity (Wildman–Crippen MR) is 109 cm³/mol. The normalized spacial score (nSPS) is 11.7. The number of benzene rings is 2. The summed E-state index contributed by atoms with van der Waals surface area (Å²) in [5.41, 5.74) is 4.53. The summed E-state index contributed by atoms with van der Waals surface area (Å²) in [6.45, 7) is 5.97. The van der Waals surface area contributed by atoms with Crippen LogP contribution in [-0.4, -0.2) is 15.9 Å². The van der Waals surface area contributed by atoms with E-state index in [1.807, 2.05) is 63.2 Å². The third-order valence-corrected chi connectivity index (χ3v) is 4.28. The number of nitrogens with zero attached hydrogens (tertiary/aromatic N) is 2. The van der Waals surface area contributed by atoms with E-state index in [0.29, 0.717) is 16.5 Å². The molecule has 2 N–H and O–H groups in total. The summed E-state index contributed by atoms with van der Waals surface area (Å²) < 4.78 is 0. The van der Waals surface area contributed by atoms with E-state index in [0.717, 1.165) is 22.4 Å². The lowest BCUT2D eigenvalue weighted by Gasteiger charge is -2.16. The van der Waals surface area contributed by atoms with E-state index in [1.54, 1.807) is 6.20 Å². The number of aryl methyl sites for hydroxylation is 2. The van der Waals surface area contributed by atoms with Gasteiger partial charge in [0.05, 0.1) is 18.4 Å². The topological polar surface area (TPSA) is 66.9 Å². The van der Waals surface area contributed by atoms with Crippen LogP contribution in [0.5, 0.6) is 0 Å². The number of carbonyl (C=O) groups is 1. The molecule has 0 saturated heterocycles. The highest BCUT2D eigenvalue weighted by Gasteiger charge is 2.11. The van der Waals surface area contributed by atoms with Crippen molar-refractivity contribution in [1.82, 2.24) is 9.97 Å². The Morgan fingerprint density at radius 3 is 2.52 bits per heavy atom. The molecule has 2 aromatic carbocycles. The molecule has 0 saturated carbocycles. The van der Waals surface area contributed by atoms with E-state index in [-0.39, 0.29) is 11.9 Å². The van der Waals surface area contributed by atoms with E-state index in [1.165, 1.54) is 6.20 Å². The van der Waals surface area contributed by atoms with Crippen molar-refractivity contribution in [1.29, 1.82) is 0 Å². The molecule has 0 aliphatic heterocycles. The summed E-state index contributed by atoms with van der Waals surface area (Å²) >= 11 is 5.88. The number of amides is 1. The maximum atomic E-state index is 12.6. The minimum absolute atomic E-state index is 0.0316. The van der Waals surface area contributed by atoms with E-state index in [2.05, 4.69) is 20.6 Å². The lowest BCUT2D eigenvalue weighted by atomic mass is 10.1. The van der Waals surface area contributed by atoms with Gasteiger partial charge in [-0.1, -0.05) is 40.9 Å². The zero-order valence-electron chi connectivity index (χ0n) is 15.5. The van der Waals surface area contributed by atoms with Crippen molar-refractivity contribution in [3.63, 3.8) is 0 Å². The fourth-order valence-corrected chi connectivity index (χ4v) is 3.06. The zero-order valence-corrected chi connectivity index (χ0v) is 16.2. The van der Waals surface area contributed by atoms with Crippen molar-refractivity contribution < 1.29 is 4.79 Å². The molecule has 0 radical (unpaired) electrons. The molecule has 1 atom stereocenters. The molecular formula is C21H21ClN4O. The molecule has 0 spiro atoms. The number of nitrogens with one attached hydrogen (secondary N) is 2. The van der Waals surface area contributed by atoms with Crippen LogP contribution in [0.1, 0.15) is 40.0 Å². The highest BCUT2D eigenvalue weighted by molar-refractivity contribution is 6.29.